The lowest BCUT2D eigenvalue weighted by molar-refractivity contribution is 0.278. The van der Waals surface area contributed by atoms with Crippen LogP contribution in [-0.2, 0) is 13.2 Å². The van der Waals surface area contributed by atoms with E-state index in [1.807, 2.05) is 6.92 Å². The number of hydrogen-bond acceptors (Lipinski definition) is 3. The number of aryl methyl sites for hydroxylation is 1. The third-order valence-electron chi connectivity index (χ3n) is 3.08. The van der Waals surface area contributed by atoms with Crippen molar-refractivity contribution in [3.8, 4) is 11.3 Å². The average Bonchev–Trinajstić information content (AvgIpc) is 2.47. The summed E-state index contributed by atoms with van der Waals surface area (Å²) in [5, 5.41) is 13.6. The Labute approximate surface area is 116 Å². The zero-order valence-corrected chi connectivity index (χ0v) is 11.3. The zero-order chi connectivity index (χ0) is 14.5. The van der Waals surface area contributed by atoms with Crippen LogP contribution >= 0.6 is 0 Å². The van der Waals surface area contributed by atoms with Gasteiger partial charge in [-0.15, -0.1) is 0 Å². The normalized spacial score (nSPS) is 10.8. The summed E-state index contributed by atoms with van der Waals surface area (Å²) in [6, 6.07) is 7.45. The van der Waals surface area contributed by atoms with Crippen LogP contribution in [0.25, 0.3) is 11.3 Å². The second-order valence-corrected chi connectivity index (χ2v) is 4.60. The molecule has 2 aromatic rings. The number of unbranched alkanes of at least 4 members (excludes halogenated alkanes) is 1. The van der Waals surface area contributed by atoms with Gasteiger partial charge in [0.1, 0.15) is 5.82 Å². The van der Waals surface area contributed by atoms with Crippen LogP contribution in [0.1, 0.15) is 25.3 Å². The Morgan fingerprint density at radius 1 is 1.30 bits per heavy atom. The predicted molar refractivity (Wildman–Crippen MR) is 74.7 cm³/mol. The molecule has 1 aromatic carbocycles. The van der Waals surface area contributed by atoms with Crippen LogP contribution in [0.4, 0.5) is 4.39 Å². The summed E-state index contributed by atoms with van der Waals surface area (Å²) < 4.78 is 14.3. The van der Waals surface area contributed by atoms with Gasteiger partial charge in [-0.2, -0.15) is 5.10 Å². The maximum Gasteiger partial charge on any atom is 0.272 e. The minimum Gasteiger partial charge on any atom is -0.391 e. The van der Waals surface area contributed by atoms with Crippen LogP contribution in [0.2, 0.25) is 0 Å². The van der Waals surface area contributed by atoms with Gasteiger partial charge in [0.25, 0.3) is 5.56 Å². The lowest BCUT2D eigenvalue weighted by atomic mass is 10.1. The minimum absolute atomic E-state index is 0.271. The smallest absolute Gasteiger partial charge is 0.272 e. The van der Waals surface area contributed by atoms with Gasteiger partial charge >= 0.3 is 0 Å². The molecule has 106 valence electrons. The molecule has 2 rings (SSSR count). The SMILES string of the molecule is CCCCn1nc(-c2ccc(F)cc2)cc(CO)c1=O. The number of aliphatic hydroxyl groups excluding tert-OH is 1. The molecular weight excluding hydrogens is 259 g/mol. The summed E-state index contributed by atoms with van der Waals surface area (Å²) >= 11 is 0. The van der Waals surface area contributed by atoms with E-state index in [4.69, 9.17) is 0 Å². The fourth-order valence-corrected chi connectivity index (χ4v) is 1.93. The first-order valence-electron chi connectivity index (χ1n) is 6.63. The quantitative estimate of drug-likeness (QED) is 0.912. The van der Waals surface area contributed by atoms with Gasteiger partial charge in [-0.1, -0.05) is 13.3 Å². The molecule has 0 saturated heterocycles. The van der Waals surface area contributed by atoms with Gasteiger partial charge in [0.15, 0.2) is 0 Å². The molecule has 0 aliphatic rings. The van der Waals surface area contributed by atoms with Gasteiger partial charge < -0.3 is 5.11 Å². The molecule has 1 aromatic heterocycles. The van der Waals surface area contributed by atoms with E-state index in [0.29, 0.717) is 23.4 Å². The molecule has 0 atom stereocenters. The van der Waals surface area contributed by atoms with Crippen LogP contribution in [0.3, 0.4) is 0 Å². The van der Waals surface area contributed by atoms with Gasteiger partial charge in [-0.05, 0) is 36.8 Å². The fourth-order valence-electron chi connectivity index (χ4n) is 1.93. The van der Waals surface area contributed by atoms with Crippen LogP contribution in [0.5, 0.6) is 0 Å². The molecule has 1 N–H and O–H groups in total. The highest BCUT2D eigenvalue weighted by Gasteiger charge is 2.09. The van der Waals surface area contributed by atoms with Crippen molar-refractivity contribution in [2.24, 2.45) is 0 Å². The Balaban J connectivity index is 2.47. The Kier molecular flexibility index (Phi) is 4.63. The van der Waals surface area contributed by atoms with Crippen LogP contribution < -0.4 is 5.56 Å². The van der Waals surface area contributed by atoms with Gasteiger partial charge in [0.05, 0.1) is 12.3 Å². The molecule has 0 fully saturated rings. The molecule has 0 amide bonds. The summed E-state index contributed by atoms with van der Waals surface area (Å²) in [5.74, 6) is -0.324. The molecule has 0 aliphatic heterocycles. The Bertz CT molecular complexity index is 635. The maximum absolute atomic E-state index is 12.9. The van der Waals surface area contributed by atoms with Crippen molar-refractivity contribution in [2.45, 2.75) is 32.9 Å². The number of nitrogens with zero attached hydrogens (tertiary/aromatic N) is 2. The second-order valence-electron chi connectivity index (χ2n) is 4.60. The lowest BCUT2D eigenvalue weighted by Crippen LogP contribution is -2.26. The maximum atomic E-state index is 12.9. The summed E-state index contributed by atoms with van der Waals surface area (Å²) in [5.41, 5.74) is 1.30. The van der Waals surface area contributed by atoms with E-state index in [0.717, 1.165) is 12.8 Å². The van der Waals surface area contributed by atoms with E-state index in [9.17, 15) is 14.3 Å². The summed E-state index contributed by atoms with van der Waals surface area (Å²) in [6.07, 6.45) is 1.79. The van der Waals surface area contributed by atoms with Gasteiger partial charge in [0, 0.05) is 17.7 Å². The molecule has 5 heteroatoms. The lowest BCUT2D eigenvalue weighted by Gasteiger charge is -2.09. The number of rotatable bonds is 5. The number of aliphatic hydroxyl groups is 1. The first-order valence-corrected chi connectivity index (χ1v) is 6.63. The minimum atomic E-state index is -0.332. The average molecular weight is 276 g/mol. The Morgan fingerprint density at radius 3 is 2.60 bits per heavy atom. The van der Waals surface area contributed by atoms with Gasteiger partial charge in [-0.3, -0.25) is 4.79 Å². The summed E-state index contributed by atoms with van der Waals surface area (Å²) in [7, 11) is 0. The third kappa shape index (κ3) is 3.11. The van der Waals surface area contributed by atoms with Crippen molar-refractivity contribution in [1.82, 2.24) is 9.78 Å². The molecular formula is C15H17FN2O2. The topological polar surface area (TPSA) is 55.1 Å². The monoisotopic (exact) mass is 276 g/mol. The molecule has 4 nitrogen and oxygen atoms in total. The number of benzene rings is 1. The first-order chi connectivity index (χ1) is 9.65. The van der Waals surface area contributed by atoms with Crippen LogP contribution in [0, 0.1) is 5.82 Å². The van der Waals surface area contributed by atoms with Gasteiger partial charge in [0.2, 0.25) is 0 Å². The summed E-state index contributed by atoms with van der Waals surface area (Å²) in [4.78, 5) is 12.0. The van der Waals surface area contributed by atoms with Crippen molar-refractivity contribution in [3.63, 3.8) is 0 Å². The van der Waals surface area contributed by atoms with E-state index in [1.165, 1.54) is 16.8 Å². The van der Waals surface area contributed by atoms with E-state index in [1.54, 1.807) is 18.2 Å². The second kappa shape index (κ2) is 6.43. The molecule has 0 radical (unpaired) electrons. The van der Waals surface area contributed by atoms with E-state index in [2.05, 4.69) is 5.10 Å². The summed E-state index contributed by atoms with van der Waals surface area (Å²) in [6.45, 7) is 2.21. The molecule has 0 unspecified atom stereocenters. The number of hydrogen-bond donors (Lipinski definition) is 1. The Hall–Kier alpha value is -2.01. The molecule has 20 heavy (non-hydrogen) atoms. The molecule has 0 saturated carbocycles. The highest BCUT2D eigenvalue weighted by molar-refractivity contribution is 5.58. The van der Waals surface area contributed by atoms with Gasteiger partial charge in [-0.25, -0.2) is 9.07 Å². The number of halogens is 1. The van der Waals surface area contributed by atoms with Crippen molar-refractivity contribution >= 4 is 0 Å². The zero-order valence-electron chi connectivity index (χ0n) is 11.3. The third-order valence-corrected chi connectivity index (χ3v) is 3.08. The van der Waals surface area contributed by atoms with Crippen molar-refractivity contribution < 1.29 is 9.50 Å². The first kappa shape index (κ1) is 14.4. The highest BCUT2D eigenvalue weighted by Crippen LogP contribution is 2.17. The van der Waals surface area contributed by atoms with Crippen molar-refractivity contribution in [2.75, 3.05) is 0 Å². The number of aromatic nitrogens is 2. The molecule has 1 heterocycles. The largest absolute Gasteiger partial charge is 0.391 e. The standard InChI is InChI=1S/C15H17FN2O2/c1-2-3-8-18-15(20)12(10-19)9-14(17-18)11-4-6-13(16)7-5-11/h4-7,9,19H,2-3,8,10H2,1H3. The molecule has 0 bridgehead atoms. The van der Waals surface area contributed by atoms with Crippen LogP contribution in [0.15, 0.2) is 35.1 Å². The van der Waals surface area contributed by atoms with Crippen LogP contribution in [-0.4, -0.2) is 14.9 Å². The fraction of sp³-hybridized carbons (Fsp3) is 0.333. The van der Waals surface area contributed by atoms with Crippen molar-refractivity contribution in [1.29, 1.82) is 0 Å². The Morgan fingerprint density at radius 2 is 2.00 bits per heavy atom. The predicted octanol–water partition coefficient (Wildman–Crippen LogP) is 2.34. The highest BCUT2D eigenvalue weighted by atomic mass is 19.1. The van der Waals surface area contributed by atoms with Crippen molar-refractivity contribution in [3.05, 3.63) is 52.1 Å². The van der Waals surface area contributed by atoms with E-state index >= 15 is 0 Å². The molecule has 0 aliphatic carbocycles. The van der Waals surface area contributed by atoms with E-state index < -0.39 is 0 Å². The molecule has 0 spiro atoms. The van der Waals surface area contributed by atoms with E-state index in [-0.39, 0.29) is 18.0 Å².